The zero-order chi connectivity index (χ0) is 12.4. The fraction of sp³-hybridized carbons (Fsp3) is 0.600. The molecule has 2 rings (SSSR count). The van der Waals surface area contributed by atoms with Crippen molar-refractivity contribution >= 4 is 0 Å². The van der Waals surface area contributed by atoms with Gasteiger partial charge in [-0.05, 0) is 49.3 Å². The molecule has 2 heteroatoms. The van der Waals surface area contributed by atoms with Gasteiger partial charge in [-0.2, -0.15) is 0 Å². The van der Waals surface area contributed by atoms with Crippen LogP contribution in [0.25, 0.3) is 0 Å². The van der Waals surface area contributed by atoms with Crippen molar-refractivity contribution in [2.75, 3.05) is 7.11 Å². The molecule has 0 aromatic heterocycles. The maximum atomic E-state index is 6.39. The molecule has 0 heterocycles. The van der Waals surface area contributed by atoms with Crippen LogP contribution in [-0.4, -0.2) is 7.11 Å². The number of rotatable bonds is 3. The number of ether oxygens (including phenoxy) is 1. The van der Waals surface area contributed by atoms with E-state index in [1.54, 1.807) is 7.11 Å². The lowest BCUT2D eigenvalue weighted by Crippen LogP contribution is -2.19. The molecule has 1 aromatic rings. The monoisotopic (exact) mass is 233 g/mol. The van der Waals surface area contributed by atoms with Crippen LogP contribution < -0.4 is 10.5 Å². The van der Waals surface area contributed by atoms with Gasteiger partial charge in [-0.25, -0.2) is 0 Å². The molecule has 0 aliphatic heterocycles. The van der Waals surface area contributed by atoms with E-state index in [1.165, 1.54) is 42.4 Å². The maximum Gasteiger partial charge on any atom is 0.124 e. The summed E-state index contributed by atoms with van der Waals surface area (Å²) in [5.41, 5.74) is 10.0. The minimum atomic E-state index is 0.195. The van der Waals surface area contributed by atoms with Crippen LogP contribution in [0, 0.1) is 19.8 Å². The van der Waals surface area contributed by atoms with E-state index in [0.717, 1.165) is 5.75 Å². The minimum absolute atomic E-state index is 0.195. The van der Waals surface area contributed by atoms with Crippen molar-refractivity contribution in [1.29, 1.82) is 0 Å². The number of benzene rings is 1. The van der Waals surface area contributed by atoms with E-state index in [2.05, 4.69) is 26.0 Å². The van der Waals surface area contributed by atoms with Crippen LogP contribution in [0.1, 0.15) is 48.4 Å². The van der Waals surface area contributed by atoms with Crippen molar-refractivity contribution in [3.05, 3.63) is 28.8 Å². The van der Waals surface area contributed by atoms with Crippen molar-refractivity contribution in [3.63, 3.8) is 0 Å². The molecule has 0 radical (unpaired) electrons. The predicted octanol–water partition coefficient (Wildman–Crippen LogP) is 3.50. The zero-order valence-electron chi connectivity index (χ0n) is 11.1. The van der Waals surface area contributed by atoms with Gasteiger partial charge in [0.25, 0.3) is 0 Å². The van der Waals surface area contributed by atoms with Crippen LogP contribution >= 0.6 is 0 Å². The average Bonchev–Trinajstić information content (AvgIpc) is 2.81. The maximum absolute atomic E-state index is 6.39. The molecule has 0 amide bonds. The Morgan fingerprint density at radius 3 is 2.18 bits per heavy atom. The topological polar surface area (TPSA) is 35.2 Å². The second-order valence-electron chi connectivity index (χ2n) is 5.26. The molecule has 1 aliphatic carbocycles. The Balaban J connectivity index is 2.26. The summed E-state index contributed by atoms with van der Waals surface area (Å²) in [7, 11) is 1.73. The smallest absolute Gasteiger partial charge is 0.124 e. The third-order valence-corrected chi connectivity index (χ3v) is 3.98. The van der Waals surface area contributed by atoms with Gasteiger partial charge in [0.1, 0.15) is 5.75 Å². The van der Waals surface area contributed by atoms with Crippen LogP contribution in [-0.2, 0) is 0 Å². The Kier molecular flexibility index (Phi) is 3.72. The molecule has 0 spiro atoms. The van der Waals surface area contributed by atoms with E-state index in [4.69, 9.17) is 10.5 Å². The van der Waals surface area contributed by atoms with Gasteiger partial charge in [-0.1, -0.05) is 25.0 Å². The van der Waals surface area contributed by atoms with Gasteiger partial charge < -0.3 is 10.5 Å². The highest BCUT2D eigenvalue weighted by Crippen LogP contribution is 2.36. The summed E-state index contributed by atoms with van der Waals surface area (Å²) in [4.78, 5) is 0. The number of methoxy groups -OCH3 is 1. The van der Waals surface area contributed by atoms with E-state index in [-0.39, 0.29) is 6.04 Å². The molecular weight excluding hydrogens is 210 g/mol. The predicted molar refractivity (Wildman–Crippen MR) is 71.4 cm³/mol. The minimum Gasteiger partial charge on any atom is -0.496 e. The first-order valence-electron chi connectivity index (χ1n) is 6.54. The molecule has 1 fully saturated rings. The number of hydrogen-bond acceptors (Lipinski definition) is 2. The summed E-state index contributed by atoms with van der Waals surface area (Å²) in [6.07, 6.45) is 5.25. The molecule has 1 aliphatic rings. The second kappa shape index (κ2) is 5.09. The molecule has 1 saturated carbocycles. The first kappa shape index (κ1) is 12.4. The Hall–Kier alpha value is -1.02. The lowest BCUT2D eigenvalue weighted by Gasteiger charge is -2.21. The van der Waals surface area contributed by atoms with Crippen molar-refractivity contribution in [1.82, 2.24) is 0 Å². The Morgan fingerprint density at radius 1 is 1.18 bits per heavy atom. The highest BCUT2D eigenvalue weighted by Gasteiger charge is 2.24. The average molecular weight is 233 g/mol. The van der Waals surface area contributed by atoms with Gasteiger partial charge in [0.05, 0.1) is 7.11 Å². The van der Waals surface area contributed by atoms with Crippen LogP contribution in [0.5, 0.6) is 5.75 Å². The summed E-state index contributed by atoms with van der Waals surface area (Å²) in [5.74, 6) is 1.66. The zero-order valence-corrected chi connectivity index (χ0v) is 11.1. The largest absolute Gasteiger partial charge is 0.496 e. The molecule has 1 aromatic carbocycles. The molecule has 0 saturated heterocycles. The van der Waals surface area contributed by atoms with E-state index in [1.807, 2.05) is 0 Å². The standard InChI is InChI=1S/C15H23NO/c1-10-8-13(9-11(2)15(10)17-3)14(16)12-6-4-5-7-12/h8-9,12,14H,4-7,16H2,1-3H3. The summed E-state index contributed by atoms with van der Waals surface area (Å²) < 4.78 is 5.40. The third kappa shape index (κ3) is 2.47. The van der Waals surface area contributed by atoms with Crippen molar-refractivity contribution in [2.45, 2.75) is 45.6 Å². The lowest BCUT2D eigenvalue weighted by molar-refractivity contribution is 0.406. The lowest BCUT2D eigenvalue weighted by atomic mass is 9.90. The van der Waals surface area contributed by atoms with Crippen molar-refractivity contribution < 1.29 is 4.74 Å². The summed E-state index contributed by atoms with van der Waals surface area (Å²) in [6.45, 7) is 4.19. The highest BCUT2D eigenvalue weighted by atomic mass is 16.5. The first-order chi connectivity index (χ1) is 8.13. The van der Waals surface area contributed by atoms with Crippen LogP contribution in [0.2, 0.25) is 0 Å². The van der Waals surface area contributed by atoms with Gasteiger partial charge in [0, 0.05) is 6.04 Å². The highest BCUT2D eigenvalue weighted by molar-refractivity contribution is 5.44. The van der Waals surface area contributed by atoms with Crippen LogP contribution in [0.3, 0.4) is 0 Å². The van der Waals surface area contributed by atoms with Crippen LogP contribution in [0.4, 0.5) is 0 Å². The molecule has 1 unspecified atom stereocenters. The molecule has 0 bridgehead atoms. The second-order valence-corrected chi connectivity index (χ2v) is 5.26. The summed E-state index contributed by atoms with van der Waals surface area (Å²) in [5, 5.41) is 0. The molecule has 17 heavy (non-hydrogen) atoms. The first-order valence-corrected chi connectivity index (χ1v) is 6.54. The fourth-order valence-corrected chi connectivity index (χ4v) is 3.09. The van der Waals surface area contributed by atoms with Gasteiger partial charge in [-0.3, -0.25) is 0 Å². The molecule has 94 valence electrons. The van der Waals surface area contributed by atoms with Gasteiger partial charge in [-0.15, -0.1) is 0 Å². The molecular formula is C15H23NO. The van der Waals surface area contributed by atoms with E-state index in [0.29, 0.717) is 5.92 Å². The number of hydrogen-bond donors (Lipinski definition) is 1. The Morgan fingerprint density at radius 2 is 1.71 bits per heavy atom. The Bertz CT molecular complexity index is 371. The number of aryl methyl sites for hydroxylation is 2. The third-order valence-electron chi connectivity index (χ3n) is 3.98. The van der Waals surface area contributed by atoms with Gasteiger partial charge >= 0.3 is 0 Å². The van der Waals surface area contributed by atoms with Crippen molar-refractivity contribution in [2.24, 2.45) is 11.7 Å². The van der Waals surface area contributed by atoms with E-state index in [9.17, 15) is 0 Å². The number of nitrogens with two attached hydrogens (primary N) is 1. The molecule has 1 atom stereocenters. The van der Waals surface area contributed by atoms with Crippen LogP contribution in [0.15, 0.2) is 12.1 Å². The van der Waals surface area contributed by atoms with Gasteiger partial charge in [0.15, 0.2) is 0 Å². The normalized spacial score (nSPS) is 18.4. The fourth-order valence-electron chi connectivity index (χ4n) is 3.09. The summed E-state index contributed by atoms with van der Waals surface area (Å²) >= 11 is 0. The SMILES string of the molecule is COc1c(C)cc(C(N)C2CCCC2)cc1C. The molecule has 2 N–H and O–H groups in total. The van der Waals surface area contributed by atoms with E-state index >= 15 is 0 Å². The quantitative estimate of drug-likeness (QED) is 0.867. The Labute approximate surface area is 104 Å². The summed E-state index contributed by atoms with van der Waals surface area (Å²) in [6, 6.07) is 4.57. The van der Waals surface area contributed by atoms with Crippen molar-refractivity contribution in [3.8, 4) is 5.75 Å². The van der Waals surface area contributed by atoms with E-state index < -0.39 is 0 Å². The molecule has 2 nitrogen and oxygen atoms in total. The van der Waals surface area contributed by atoms with Gasteiger partial charge in [0.2, 0.25) is 0 Å².